The molecule has 3 aromatic rings. The molecule has 21 heavy (non-hydrogen) atoms. The maximum Gasteiger partial charge on any atom is 0.226 e. The molecule has 6 heteroatoms. The lowest BCUT2D eigenvalue weighted by Crippen LogP contribution is -2.20. The maximum atomic E-state index is 6.05. The molecular formula is C15H16ClN5. The Hall–Kier alpha value is -2.14. The van der Waals surface area contributed by atoms with E-state index in [2.05, 4.69) is 44.1 Å². The number of fused-ring (bicyclic) bond motifs is 1. The lowest BCUT2D eigenvalue weighted by molar-refractivity contribution is 0.780. The molecule has 5 nitrogen and oxygen atoms in total. The van der Waals surface area contributed by atoms with E-state index in [1.54, 1.807) is 6.20 Å². The first-order valence-corrected chi connectivity index (χ1v) is 7.36. The number of aromatic amines is 1. The second kappa shape index (κ2) is 6.10. The Morgan fingerprint density at radius 1 is 1.19 bits per heavy atom. The summed E-state index contributed by atoms with van der Waals surface area (Å²) in [5.41, 5.74) is 1.74. The summed E-state index contributed by atoms with van der Waals surface area (Å²) in [7, 11) is 0. The Bertz CT molecular complexity index is 725. The van der Waals surface area contributed by atoms with Gasteiger partial charge in [0.2, 0.25) is 5.28 Å². The zero-order valence-electron chi connectivity index (χ0n) is 11.8. The number of aromatic nitrogens is 4. The van der Waals surface area contributed by atoms with Gasteiger partial charge in [-0.15, -0.1) is 0 Å². The SMILES string of the molecule is CCCCN(c1ccccc1)c1nc(Cl)nc2[nH]ncc12. The van der Waals surface area contributed by atoms with E-state index in [9.17, 15) is 0 Å². The van der Waals surface area contributed by atoms with Crippen molar-refractivity contribution in [3.63, 3.8) is 0 Å². The minimum Gasteiger partial charge on any atom is -0.326 e. The smallest absolute Gasteiger partial charge is 0.226 e. The average molecular weight is 302 g/mol. The van der Waals surface area contributed by atoms with Crippen LogP contribution in [-0.2, 0) is 0 Å². The van der Waals surface area contributed by atoms with E-state index < -0.39 is 0 Å². The highest BCUT2D eigenvalue weighted by molar-refractivity contribution is 6.28. The van der Waals surface area contributed by atoms with Gasteiger partial charge in [-0.2, -0.15) is 15.1 Å². The van der Waals surface area contributed by atoms with Crippen LogP contribution >= 0.6 is 11.6 Å². The largest absolute Gasteiger partial charge is 0.326 e. The van der Waals surface area contributed by atoms with Crippen LogP contribution in [-0.4, -0.2) is 26.7 Å². The molecule has 0 spiro atoms. The highest BCUT2D eigenvalue weighted by atomic mass is 35.5. The summed E-state index contributed by atoms with van der Waals surface area (Å²) in [6.07, 6.45) is 3.91. The molecule has 0 radical (unpaired) electrons. The normalized spacial score (nSPS) is 11.0. The molecule has 2 aromatic heterocycles. The van der Waals surface area contributed by atoms with Crippen molar-refractivity contribution in [1.82, 2.24) is 20.2 Å². The number of benzene rings is 1. The molecule has 0 unspecified atom stereocenters. The van der Waals surface area contributed by atoms with Gasteiger partial charge in [-0.3, -0.25) is 5.10 Å². The molecule has 0 amide bonds. The van der Waals surface area contributed by atoms with Gasteiger partial charge in [0, 0.05) is 12.2 Å². The van der Waals surface area contributed by atoms with Crippen LogP contribution in [0.25, 0.3) is 11.0 Å². The van der Waals surface area contributed by atoms with Gasteiger partial charge < -0.3 is 4.90 Å². The molecule has 0 saturated heterocycles. The number of nitrogens with zero attached hydrogens (tertiary/aromatic N) is 4. The Kier molecular flexibility index (Phi) is 4.01. The molecule has 0 aliphatic rings. The van der Waals surface area contributed by atoms with Gasteiger partial charge in [-0.25, -0.2) is 0 Å². The van der Waals surface area contributed by atoms with Gasteiger partial charge in [0.05, 0.1) is 11.6 Å². The lowest BCUT2D eigenvalue weighted by atomic mass is 10.2. The van der Waals surface area contributed by atoms with Crippen molar-refractivity contribution in [2.75, 3.05) is 11.4 Å². The summed E-state index contributed by atoms with van der Waals surface area (Å²) >= 11 is 6.05. The van der Waals surface area contributed by atoms with Crippen molar-refractivity contribution in [2.24, 2.45) is 0 Å². The van der Waals surface area contributed by atoms with Crippen molar-refractivity contribution < 1.29 is 0 Å². The van der Waals surface area contributed by atoms with Crippen LogP contribution in [0, 0.1) is 0 Å². The molecule has 0 aliphatic heterocycles. The summed E-state index contributed by atoms with van der Waals surface area (Å²) < 4.78 is 0. The molecule has 0 bridgehead atoms. The number of hydrogen-bond acceptors (Lipinski definition) is 4. The van der Waals surface area contributed by atoms with Gasteiger partial charge in [-0.1, -0.05) is 31.5 Å². The predicted molar refractivity (Wildman–Crippen MR) is 85.0 cm³/mol. The van der Waals surface area contributed by atoms with E-state index in [0.717, 1.165) is 36.3 Å². The molecule has 0 fully saturated rings. The second-order valence-electron chi connectivity index (χ2n) is 4.79. The number of rotatable bonds is 5. The van der Waals surface area contributed by atoms with Crippen LogP contribution in [0.4, 0.5) is 11.5 Å². The second-order valence-corrected chi connectivity index (χ2v) is 5.13. The monoisotopic (exact) mass is 301 g/mol. The predicted octanol–water partition coefficient (Wildman–Crippen LogP) is 3.94. The molecule has 2 heterocycles. The summed E-state index contributed by atoms with van der Waals surface area (Å²) in [5, 5.41) is 7.99. The summed E-state index contributed by atoms with van der Waals surface area (Å²) in [4.78, 5) is 10.7. The molecule has 3 rings (SSSR count). The fraction of sp³-hybridized carbons (Fsp3) is 0.267. The maximum absolute atomic E-state index is 6.05. The molecule has 0 saturated carbocycles. The molecule has 108 valence electrons. The van der Waals surface area contributed by atoms with E-state index in [1.807, 2.05) is 18.2 Å². The Morgan fingerprint density at radius 3 is 2.76 bits per heavy atom. The number of unbranched alkanes of at least 4 members (excludes halogenated alkanes) is 1. The van der Waals surface area contributed by atoms with Gasteiger partial charge in [-0.05, 0) is 30.2 Å². The van der Waals surface area contributed by atoms with Crippen LogP contribution in [0.3, 0.4) is 0 Å². The number of para-hydroxylation sites is 1. The number of H-pyrrole nitrogens is 1. The number of hydrogen-bond donors (Lipinski definition) is 1. The van der Waals surface area contributed by atoms with Crippen molar-refractivity contribution in [2.45, 2.75) is 19.8 Å². The van der Waals surface area contributed by atoms with E-state index in [1.165, 1.54) is 0 Å². The third-order valence-electron chi connectivity index (χ3n) is 3.32. The lowest BCUT2D eigenvalue weighted by Gasteiger charge is -2.24. The highest BCUT2D eigenvalue weighted by Gasteiger charge is 2.16. The van der Waals surface area contributed by atoms with Crippen LogP contribution in [0.15, 0.2) is 36.5 Å². The van der Waals surface area contributed by atoms with Gasteiger partial charge >= 0.3 is 0 Å². The van der Waals surface area contributed by atoms with Gasteiger partial charge in [0.25, 0.3) is 0 Å². The average Bonchev–Trinajstić information content (AvgIpc) is 2.96. The molecule has 1 N–H and O–H groups in total. The Balaban J connectivity index is 2.12. The van der Waals surface area contributed by atoms with E-state index in [0.29, 0.717) is 5.65 Å². The van der Waals surface area contributed by atoms with Crippen LogP contribution in [0.5, 0.6) is 0 Å². The molecular weight excluding hydrogens is 286 g/mol. The third-order valence-corrected chi connectivity index (χ3v) is 3.49. The van der Waals surface area contributed by atoms with Crippen molar-refractivity contribution in [3.05, 3.63) is 41.8 Å². The van der Waals surface area contributed by atoms with Crippen LogP contribution < -0.4 is 4.90 Å². The third kappa shape index (κ3) is 2.83. The quantitative estimate of drug-likeness (QED) is 0.725. The van der Waals surface area contributed by atoms with Crippen molar-refractivity contribution >= 4 is 34.1 Å². The first-order chi connectivity index (χ1) is 10.3. The zero-order valence-corrected chi connectivity index (χ0v) is 12.5. The van der Waals surface area contributed by atoms with Crippen molar-refractivity contribution in [1.29, 1.82) is 0 Å². The van der Waals surface area contributed by atoms with E-state index in [-0.39, 0.29) is 5.28 Å². The Labute approximate surface area is 128 Å². The Morgan fingerprint density at radius 2 is 2.00 bits per heavy atom. The first-order valence-electron chi connectivity index (χ1n) is 6.99. The fourth-order valence-electron chi connectivity index (χ4n) is 2.28. The van der Waals surface area contributed by atoms with Crippen LogP contribution in [0.2, 0.25) is 5.28 Å². The van der Waals surface area contributed by atoms with E-state index >= 15 is 0 Å². The van der Waals surface area contributed by atoms with Crippen LogP contribution in [0.1, 0.15) is 19.8 Å². The number of nitrogens with one attached hydrogen (secondary N) is 1. The van der Waals surface area contributed by atoms with Crippen molar-refractivity contribution in [3.8, 4) is 0 Å². The molecule has 0 atom stereocenters. The van der Waals surface area contributed by atoms with Gasteiger partial charge in [0.15, 0.2) is 5.65 Å². The molecule has 0 aliphatic carbocycles. The minimum atomic E-state index is 0.221. The van der Waals surface area contributed by atoms with Gasteiger partial charge in [0.1, 0.15) is 5.82 Å². The summed E-state index contributed by atoms with van der Waals surface area (Å²) in [6, 6.07) is 10.2. The van der Waals surface area contributed by atoms with E-state index in [4.69, 9.17) is 11.6 Å². The standard InChI is InChI=1S/C15H16ClN5/c1-2-3-9-21(11-7-5-4-6-8-11)14-12-10-17-20-13(12)18-15(16)19-14/h4-8,10H,2-3,9H2,1H3,(H,17,18,19,20). The minimum absolute atomic E-state index is 0.221. The zero-order chi connectivity index (χ0) is 14.7. The first kappa shape index (κ1) is 13.8. The molecule has 1 aromatic carbocycles. The number of anilines is 2. The number of halogens is 1. The summed E-state index contributed by atoms with van der Waals surface area (Å²) in [5.74, 6) is 0.790. The highest BCUT2D eigenvalue weighted by Crippen LogP contribution is 2.30. The topological polar surface area (TPSA) is 57.7 Å². The summed E-state index contributed by atoms with van der Waals surface area (Å²) in [6.45, 7) is 3.04. The fourth-order valence-corrected chi connectivity index (χ4v) is 2.44.